The van der Waals surface area contributed by atoms with Crippen molar-refractivity contribution < 1.29 is 20.1 Å². The summed E-state index contributed by atoms with van der Waals surface area (Å²) in [6.07, 6.45) is 55.6. The van der Waals surface area contributed by atoms with Crippen molar-refractivity contribution in [1.82, 2.24) is 5.32 Å². The Kier molecular flexibility index (Phi) is 43.1. The number of aliphatic hydroxyl groups excluding tert-OH is 3. The predicted molar refractivity (Wildman–Crippen MR) is 236 cm³/mol. The summed E-state index contributed by atoms with van der Waals surface area (Å²) in [5, 5.41) is 33.5. The number of allylic oxidation sites excluding steroid dienone is 6. The van der Waals surface area contributed by atoms with Gasteiger partial charge >= 0.3 is 0 Å². The van der Waals surface area contributed by atoms with Crippen molar-refractivity contribution in [3.63, 3.8) is 0 Å². The van der Waals surface area contributed by atoms with Gasteiger partial charge in [-0.1, -0.05) is 198 Å². The molecule has 0 heterocycles. The summed E-state index contributed by atoms with van der Waals surface area (Å²) >= 11 is 0. The van der Waals surface area contributed by atoms with Gasteiger partial charge in [0.15, 0.2) is 0 Å². The minimum absolute atomic E-state index is 0.159. The highest BCUT2D eigenvalue weighted by Gasteiger charge is 2.26. The molecular formula is C49H93NO4. The molecule has 0 saturated heterocycles. The molecule has 0 aliphatic carbocycles. The van der Waals surface area contributed by atoms with Gasteiger partial charge < -0.3 is 20.6 Å². The van der Waals surface area contributed by atoms with Crippen LogP contribution in [-0.4, -0.2) is 46.1 Å². The fraction of sp³-hybridized carbons (Fsp3) is 0.857. The van der Waals surface area contributed by atoms with E-state index in [1.54, 1.807) is 0 Å². The van der Waals surface area contributed by atoms with E-state index < -0.39 is 18.2 Å². The van der Waals surface area contributed by atoms with Crippen LogP contribution >= 0.6 is 0 Å². The topological polar surface area (TPSA) is 89.8 Å². The van der Waals surface area contributed by atoms with Crippen LogP contribution in [0.4, 0.5) is 0 Å². The first-order valence-electron chi connectivity index (χ1n) is 23.8. The molecule has 0 saturated carbocycles. The Morgan fingerprint density at radius 3 is 1.15 bits per heavy atom. The Bertz CT molecular complexity index is 840. The van der Waals surface area contributed by atoms with Gasteiger partial charge in [0.05, 0.1) is 18.8 Å². The number of aliphatic hydroxyl groups is 3. The molecule has 318 valence electrons. The predicted octanol–water partition coefficient (Wildman–Crippen LogP) is 13.9. The second-order valence-corrected chi connectivity index (χ2v) is 16.3. The lowest BCUT2D eigenvalue weighted by molar-refractivity contribution is -0.124. The highest BCUT2D eigenvalue weighted by molar-refractivity contribution is 5.76. The maximum Gasteiger partial charge on any atom is 0.220 e. The van der Waals surface area contributed by atoms with E-state index in [9.17, 15) is 20.1 Å². The van der Waals surface area contributed by atoms with Crippen LogP contribution in [0.2, 0.25) is 0 Å². The smallest absolute Gasteiger partial charge is 0.220 e. The van der Waals surface area contributed by atoms with E-state index in [4.69, 9.17) is 0 Å². The Balaban J connectivity index is 3.58. The van der Waals surface area contributed by atoms with E-state index in [0.29, 0.717) is 12.8 Å². The zero-order valence-electron chi connectivity index (χ0n) is 36.1. The average molecular weight is 760 g/mol. The third-order valence-electron chi connectivity index (χ3n) is 10.9. The second kappa shape index (κ2) is 44.3. The lowest BCUT2D eigenvalue weighted by atomic mass is 10.0. The molecule has 5 heteroatoms. The second-order valence-electron chi connectivity index (χ2n) is 16.3. The summed E-state index contributed by atoms with van der Waals surface area (Å²) < 4.78 is 0. The number of carbonyl (C=O) groups excluding carboxylic acids is 1. The van der Waals surface area contributed by atoms with E-state index in [0.717, 1.165) is 44.9 Å². The van der Waals surface area contributed by atoms with E-state index in [-0.39, 0.29) is 12.5 Å². The van der Waals surface area contributed by atoms with Crippen LogP contribution in [0, 0.1) is 0 Å². The number of nitrogens with one attached hydrogen (secondary N) is 1. The van der Waals surface area contributed by atoms with Crippen LogP contribution in [-0.2, 0) is 4.79 Å². The van der Waals surface area contributed by atoms with Crippen LogP contribution in [0.5, 0.6) is 0 Å². The molecule has 3 unspecified atom stereocenters. The molecule has 0 radical (unpaired) electrons. The van der Waals surface area contributed by atoms with Gasteiger partial charge in [0.25, 0.3) is 0 Å². The highest BCUT2D eigenvalue weighted by Crippen LogP contribution is 2.15. The fourth-order valence-corrected chi connectivity index (χ4v) is 7.23. The van der Waals surface area contributed by atoms with Crippen molar-refractivity contribution in [2.75, 3.05) is 6.61 Å². The first-order valence-corrected chi connectivity index (χ1v) is 23.8. The van der Waals surface area contributed by atoms with Gasteiger partial charge in [-0.05, 0) is 77.0 Å². The first kappa shape index (κ1) is 52.6. The molecule has 4 N–H and O–H groups in total. The SMILES string of the molecule is CCCCCC/C=C/CC/C=C/CCCC(O)C(O)C(CO)NC(=O)CCCCCCCCCCCCC/C=C\CCCCCCCCCCCCCC. The van der Waals surface area contributed by atoms with Gasteiger partial charge in [0.2, 0.25) is 5.91 Å². The van der Waals surface area contributed by atoms with Crippen molar-refractivity contribution in [3.8, 4) is 0 Å². The van der Waals surface area contributed by atoms with Crippen LogP contribution < -0.4 is 5.32 Å². The lowest BCUT2D eigenvalue weighted by Gasteiger charge is -2.26. The number of unbranched alkanes of at least 4 members (excludes halogenated alkanes) is 29. The zero-order chi connectivity index (χ0) is 39.4. The largest absolute Gasteiger partial charge is 0.394 e. The molecule has 0 rings (SSSR count). The number of hydrogen-bond donors (Lipinski definition) is 4. The van der Waals surface area contributed by atoms with Gasteiger partial charge in [-0.2, -0.15) is 0 Å². The van der Waals surface area contributed by atoms with Gasteiger partial charge in [-0.15, -0.1) is 0 Å². The standard InChI is InChI=1S/C49H93NO4/c1-3-5-7-9-11-13-15-17-18-19-20-21-22-23-24-25-26-27-28-29-30-32-34-36-38-40-42-44-48(53)50-46(45-51)49(54)47(52)43-41-39-37-35-33-31-16-14-12-10-8-6-4-2/h14,16,23-24,35,37,46-47,49,51-52,54H,3-13,15,17-22,25-34,36,38-45H2,1-2H3,(H,50,53)/b16-14+,24-23-,37-35+. The summed E-state index contributed by atoms with van der Waals surface area (Å²) in [6, 6.07) is -0.831. The van der Waals surface area contributed by atoms with E-state index in [2.05, 4.69) is 55.6 Å². The maximum atomic E-state index is 12.4. The molecule has 0 spiro atoms. The molecule has 0 aromatic rings. The molecule has 0 fully saturated rings. The number of carbonyl (C=O) groups is 1. The van der Waals surface area contributed by atoms with Gasteiger partial charge in [0.1, 0.15) is 6.10 Å². The van der Waals surface area contributed by atoms with Gasteiger partial charge in [0, 0.05) is 6.42 Å². The fourth-order valence-electron chi connectivity index (χ4n) is 7.23. The highest BCUT2D eigenvalue weighted by atomic mass is 16.3. The zero-order valence-corrected chi connectivity index (χ0v) is 36.1. The van der Waals surface area contributed by atoms with Crippen molar-refractivity contribution in [2.24, 2.45) is 0 Å². The minimum atomic E-state index is -1.17. The Morgan fingerprint density at radius 2 is 0.759 bits per heavy atom. The van der Waals surface area contributed by atoms with E-state index >= 15 is 0 Å². The third kappa shape index (κ3) is 38.8. The summed E-state index contributed by atoms with van der Waals surface area (Å²) in [6.45, 7) is 4.15. The summed E-state index contributed by atoms with van der Waals surface area (Å²) in [4.78, 5) is 12.4. The molecule has 54 heavy (non-hydrogen) atoms. The molecule has 1 amide bonds. The minimum Gasteiger partial charge on any atom is -0.394 e. The quantitative estimate of drug-likeness (QED) is 0.0368. The molecule has 5 nitrogen and oxygen atoms in total. The van der Waals surface area contributed by atoms with E-state index in [1.165, 1.54) is 173 Å². The molecular weight excluding hydrogens is 667 g/mol. The van der Waals surface area contributed by atoms with Crippen LogP contribution in [0.25, 0.3) is 0 Å². The van der Waals surface area contributed by atoms with Crippen LogP contribution in [0.1, 0.15) is 245 Å². The molecule has 0 aliphatic rings. The van der Waals surface area contributed by atoms with Crippen LogP contribution in [0.15, 0.2) is 36.5 Å². The normalized spacial score (nSPS) is 13.8. The summed E-state index contributed by atoms with van der Waals surface area (Å²) in [5.41, 5.74) is 0. The van der Waals surface area contributed by atoms with Crippen LogP contribution in [0.3, 0.4) is 0 Å². The Hall–Kier alpha value is -1.43. The number of hydrogen-bond acceptors (Lipinski definition) is 4. The summed E-state index contributed by atoms with van der Waals surface area (Å²) in [7, 11) is 0. The molecule has 0 aromatic carbocycles. The van der Waals surface area contributed by atoms with Gasteiger partial charge in [-0.3, -0.25) is 4.79 Å². The number of amides is 1. The Morgan fingerprint density at radius 1 is 0.444 bits per heavy atom. The monoisotopic (exact) mass is 760 g/mol. The third-order valence-corrected chi connectivity index (χ3v) is 10.9. The maximum absolute atomic E-state index is 12.4. The first-order chi connectivity index (χ1) is 26.6. The average Bonchev–Trinajstić information content (AvgIpc) is 3.18. The van der Waals surface area contributed by atoms with E-state index in [1.807, 2.05) is 0 Å². The van der Waals surface area contributed by atoms with Crippen molar-refractivity contribution in [1.29, 1.82) is 0 Å². The summed E-state index contributed by atoms with van der Waals surface area (Å²) in [5.74, 6) is -0.159. The molecule has 0 bridgehead atoms. The number of rotatable bonds is 43. The van der Waals surface area contributed by atoms with Crippen molar-refractivity contribution >= 4 is 5.91 Å². The lowest BCUT2D eigenvalue weighted by Crippen LogP contribution is -2.50. The molecule has 3 atom stereocenters. The van der Waals surface area contributed by atoms with Gasteiger partial charge in [-0.25, -0.2) is 0 Å². The van der Waals surface area contributed by atoms with Crippen molar-refractivity contribution in [3.05, 3.63) is 36.5 Å². The molecule has 0 aromatic heterocycles. The Labute approximate surface area is 336 Å². The molecule has 0 aliphatic heterocycles. The van der Waals surface area contributed by atoms with Crippen molar-refractivity contribution in [2.45, 2.75) is 263 Å².